The summed E-state index contributed by atoms with van der Waals surface area (Å²) in [5.41, 5.74) is 10.6. The first-order valence-corrected chi connectivity index (χ1v) is 18.3. The number of rotatable bonds is 6. The Hall–Kier alpha value is -6.96. The van der Waals surface area contributed by atoms with Gasteiger partial charge in [0.05, 0.1) is 5.69 Å². The Morgan fingerprint density at radius 1 is 0.245 bits per heavy atom. The van der Waals surface area contributed by atoms with Crippen LogP contribution in [0.25, 0.3) is 76.5 Å². The van der Waals surface area contributed by atoms with Crippen molar-refractivity contribution in [1.82, 2.24) is 0 Å². The quantitative estimate of drug-likeness (QED) is 0.159. The first-order valence-electron chi connectivity index (χ1n) is 18.3. The molecule has 0 radical (unpaired) electrons. The van der Waals surface area contributed by atoms with Crippen LogP contribution in [0.3, 0.4) is 0 Å². The molecular formula is C52H35N. The maximum absolute atomic E-state index is 2.40. The van der Waals surface area contributed by atoms with Crippen molar-refractivity contribution in [1.29, 1.82) is 0 Å². The van der Waals surface area contributed by atoms with E-state index in [4.69, 9.17) is 0 Å². The van der Waals surface area contributed by atoms with E-state index in [0.29, 0.717) is 0 Å². The molecule has 0 atom stereocenters. The highest BCUT2D eigenvalue weighted by Crippen LogP contribution is 2.43. The molecule has 0 aliphatic rings. The van der Waals surface area contributed by atoms with Gasteiger partial charge in [0.15, 0.2) is 0 Å². The Labute approximate surface area is 309 Å². The van der Waals surface area contributed by atoms with Gasteiger partial charge in [-0.15, -0.1) is 0 Å². The molecule has 0 bridgehead atoms. The van der Waals surface area contributed by atoms with E-state index in [1.54, 1.807) is 0 Å². The third kappa shape index (κ3) is 5.51. The molecule has 10 aromatic rings. The van der Waals surface area contributed by atoms with E-state index in [2.05, 4.69) is 217 Å². The average molecular weight is 674 g/mol. The summed E-state index contributed by atoms with van der Waals surface area (Å²) in [5, 5.41) is 10.1. The molecule has 0 aliphatic heterocycles. The maximum Gasteiger partial charge on any atom is 0.0540 e. The molecule has 10 rings (SSSR count). The van der Waals surface area contributed by atoms with Crippen molar-refractivity contribution >= 4 is 60.2 Å². The van der Waals surface area contributed by atoms with Crippen LogP contribution in [0.2, 0.25) is 0 Å². The lowest BCUT2D eigenvalue weighted by atomic mass is 9.92. The molecule has 0 fully saturated rings. The van der Waals surface area contributed by atoms with Crippen LogP contribution in [0.15, 0.2) is 212 Å². The standard InChI is InChI=1S/C52H35N/c1-3-11-36(12-4-1)38-21-27-43(28-22-38)53(44-29-23-39(24-30-44)37-13-5-2-6-14-37)52-34-33-46(47-17-9-10-18-50(47)52)42-20-19-41-26-31-48-45-16-8-7-15-40(45)25-32-49(48)51(41)35-42/h1-35H. The van der Waals surface area contributed by atoms with Gasteiger partial charge < -0.3 is 4.90 Å². The number of hydrogen-bond acceptors (Lipinski definition) is 1. The van der Waals surface area contributed by atoms with Crippen LogP contribution in [0, 0.1) is 0 Å². The summed E-state index contributed by atoms with van der Waals surface area (Å²) < 4.78 is 0. The summed E-state index contributed by atoms with van der Waals surface area (Å²) in [7, 11) is 0. The van der Waals surface area contributed by atoms with E-state index in [1.807, 2.05) is 0 Å². The van der Waals surface area contributed by atoms with Crippen molar-refractivity contribution in [2.75, 3.05) is 4.90 Å². The molecule has 53 heavy (non-hydrogen) atoms. The van der Waals surface area contributed by atoms with Gasteiger partial charge in [-0.2, -0.15) is 0 Å². The van der Waals surface area contributed by atoms with Crippen molar-refractivity contribution in [3.05, 3.63) is 212 Å². The number of benzene rings is 10. The zero-order chi connectivity index (χ0) is 35.1. The first kappa shape index (κ1) is 30.8. The Morgan fingerprint density at radius 2 is 0.698 bits per heavy atom. The smallest absolute Gasteiger partial charge is 0.0540 e. The second kappa shape index (κ2) is 13.0. The molecule has 0 aromatic heterocycles. The minimum absolute atomic E-state index is 1.11. The van der Waals surface area contributed by atoms with Crippen LogP contribution in [0.1, 0.15) is 0 Å². The maximum atomic E-state index is 2.40. The van der Waals surface area contributed by atoms with Crippen molar-refractivity contribution in [3.63, 3.8) is 0 Å². The Morgan fingerprint density at radius 3 is 1.32 bits per heavy atom. The summed E-state index contributed by atoms with van der Waals surface area (Å²) in [4.78, 5) is 2.40. The molecule has 0 saturated heterocycles. The predicted molar refractivity (Wildman–Crippen MR) is 227 cm³/mol. The molecule has 1 nitrogen and oxygen atoms in total. The molecular weight excluding hydrogens is 639 g/mol. The van der Waals surface area contributed by atoms with Crippen LogP contribution in [0.4, 0.5) is 17.1 Å². The van der Waals surface area contributed by atoms with Gasteiger partial charge >= 0.3 is 0 Å². The lowest BCUT2D eigenvalue weighted by Crippen LogP contribution is -2.10. The number of hydrogen-bond donors (Lipinski definition) is 0. The summed E-state index contributed by atoms with van der Waals surface area (Å²) >= 11 is 0. The van der Waals surface area contributed by atoms with Gasteiger partial charge in [-0.25, -0.2) is 0 Å². The first-order chi connectivity index (χ1) is 26.3. The van der Waals surface area contributed by atoms with Crippen molar-refractivity contribution in [3.8, 4) is 33.4 Å². The normalized spacial score (nSPS) is 11.4. The number of nitrogens with zero attached hydrogens (tertiary/aromatic N) is 1. The van der Waals surface area contributed by atoms with E-state index in [9.17, 15) is 0 Å². The van der Waals surface area contributed by atoms with E-state index < -0.39 is 0 Å². The zero-order valence-corrected chi connectivity index (χ0v) is 29.2. The number of anilines is 3. The average Bonchev–Trinajstić information content (AvgIpc) is 3.24. The van der Waals surface area contributed by atoms with Crippen molar-refractivity contribution in [2.24, 2.45) is 0 Å². The highest BCUT2D eigenvalue weighted by molar-refractivity contribution is 6.18. The summed E-state index contributed by atoms with van der Waals surface area (Å²) in [6, 6.07) is 77.2. The fourth-order valence-corrected chi connectivity index (χ4v) is 8.01. The highest BCUT2D eigenvalue weighted by atomic mass is 15.1. The molecule has 0 saturated carbocycles. The highest BCUT2D eigenvalue weighted by Gasteiger charge is 2.18. The van der Waals surface area contributed by atoms with Crippen LogP contribution >= 0.6 is 0 Å². The van der Waals surface area contributed by atoms with Crippen LogP contribution in [-0.4, -0.2) is 0 Å². The molecule has 0 N–H and O–H groups in total. The van der Waals surface area contributed by atoms with Gasteiger partial charge in [0.1, 0.15) is 0 Å². The third-order valence-corrected chi connectivity index (χ3v) is 10.7. The second-order valence-corrected chi connectivity index (χ2v) is 13.7. The topological polar surface area (TPSA) is 3.24 Å². The molecule has 1 heteroatoms. The fourth-order valence-electron chi connectivity index (χ4n) is 8.01. The molecule has 0 heterocycles. The summed E-state index contributed by atoms with van der Waals surface area (Å²) in [6.45, 7) is 0. The SMILES string of the molecule is c1ccc(-c2ccc(N(c3ccc(-c4ccccc4)cc3)c3ccc(-c4ccc5ccc6c7ccccc7ccc6c5c4)c4ccccc34)cc2)cc1. The lowest BCUT2D eigenvalue weighted by Gasteiger charge is -2.28. The minimum atomic E-state index is 1.11. The van der Waals surface area contributed by atoms with Gasteiger partial charge in [0.25, 0.3) is 0 Å². The molecule has 248 valence electrons. The van der Waals surface area contributed by atoms with Gasteiger partial charge in [0.2, 0.25) is 0 Å². The van der Waals surface area contributed by atoms with Crippen molar-refractivity contribution < 1.29 is 0 Å². The summed E-state index contributed by atoms with van der Waals surface area (Å²) in [6.07, 6.45) is 0. The van der Waals surface area contributed by atoms with Gasteiger partial charge in [0, 0.05) is 16.8 Å². The van der Waals surface area contributed by atoms with E-state index in [1.165, 1.54) is 76.5 Å². The van der Waals surface area contributed by atoms with Gasteiger partial charge in [-0.05, 0) is 107 Å². The van der Waals surface area contributed by atoms with Crippen LogP contribution in [0.5, 0.6) is 0 Å². The van der Waals surface area contributed by atoms with Crippen LogP contribution < -0.4 is 4.90 Å². The molecule has 0 aliphatic carbocycles. The lowest BCUT2D eigenvalue weighted by molar-refractivity contribution is 1.30. The predicted octanol–water partition coefficient (Wildman–Crippen LogP) is 14.8. The van der Waals surface area contributed by atoms with E-state index in [-0.39, 0.29) is 0 Å². The molecule has 0 unspecified atom stereocenters. The molecule has 10 aromatic carbocycles. The minimum Gasteiger partial charge on any atom is -0.310 e. The van der Waals surface area contributed by atoms with E-state index in [0.717, 1.165) is 17.1 Å². The van der Waals surface area contributed by atoms with E-state index >= 15 is 0 Å². The van der Waals surface area contributed by atoms with Gasteiger partial charge in [-0.1, -0.05) is 176 Å². The fraction of sp³-hybridized carbons (Fsp3) is 0. The Bertz CT molecular complexity index is 2830. The molecule has 0 amide bonds. The Kier molecular flexibility index (Phi) is 7.55. The molecule has 0 spiro atoms. The monoisotopic (exact) mass is 673 g/mol. The van der Waals surface area contributed by atoms with Crippen LogP contribution in [-0.2, 0) is 0 Å². The van der Waals surface area contributed by atoms with Gasteiger partial charge in [-0.3, -0.25) is 0 Å². The summed E-state index contributed by atoms with van der Waals surface area (Å²) in [5.74, 6) is 0. The zero-order valence-electron chi connectivity index (χ0n) is 29.2. The third-order valence-electron chi connectivity index (χ3n) is 10.7. The second-order valence-electron chi connectivity index (χ2n) is 13.7. The Balaban J connectivity index is 1.13. The van der Waals surface area contributed by atoms with Crippen molar-refractivity contribution in [2.45, 2.75) is 0 Å². The largest absolute Gasteiger partial charge is 0.310 e. The number of fused-ring (bicyclic) bond motifs is 6.